The molecule has 0 aromatic heterocycles. The number of halogens is 1. The minimum Gasteiger partial charge on any atom is -0.321 e. The largest absolute Gasteiger partial charge is 0.321 e. The summed E-state index contributed by atoms with van der Waals surface area (Å²) in [6.45, 7) is 0. The zero-order valence-corrected chi connectivity index (χ0v) is 3.55. The third-order valence-corrected chi connectivity index (χ3v) is 0. The van der Waals surface area contributed by atoms with Crippen LogP contribution in [0.5, 0.6) is 0 Å². The summed E-state index contributed by atoms with van der Waals surface area (Å²) < 4.78 is 24.0. The summed E-state index contributed by atoms with van der Waals surface area (Å²) in [7, 11) is -2.60. The molecule has 0 unspecified atom stereocenters. The molecule has 5 nitrogen and oxygen atoms in total. The second-order valence-corrected chi connectivity index (χ2v) is 0.603. The van der Waals surface area contributed by atoms with Gasteiger partial charge in [-0.1, -0.05) is 0 Å². The Morgan fingerprint density at radius 3 is 1.33 bits per heavy atom. The molecule has 0 aromatic rings. The van der Waals surface area contributed by atoms with Gasteiger partial charge in [-0.15, -0.1) is 0 Å². The van der Waals surface area contributed by atoms with E-state index in [1.165, 1.54) is 0 Å². The molecule has 6 heavy (non-hydrogen) atoms. The van der Waals surface area contributed by atoms with Crippen LogP contribution in [-0.2, 0) is 0 Å². The standard InChI is InChI=1S/ClHO3.H4N2/c2-1(3)4;1-2/h2H;1-2H2. The van der Waals surface area contributed by atoms with E-state index in [4.69, 9.17) is 14.0 Å². The van der Waals surface area contributed by atoms with Crippen LogP contribution in [0.3, 0.4) is 0 Å². The van der Waals surface area contributed by atoms with Gasteiger partial charge in [-0.2, -0.15) is 0 Å². The first-order chi connectivity index (χ1) is 2.73. The summed E-state index contributed by atoms with van der Waals surface area (Å²) >= 11 is 0. The monoisotopic (exact) mass is 116 g/mol. The van der Waals surface area contributed by atoms with Gasteiger partial charge >= 0.3 is 0 Å². The van der Waals surface area contributed by atoms with E-state index in [2.05, 4.69) is 11.7 Å². The van der Waals surface area contributed by atoms with Crippen LogP contribution in [0.4, 0.5) is 0 Å². The van der Waals surface area contributed by atoms with Crippen molar-refractivity contribution in [3.05, 3.63) is 0 Å². The molecule has 0 heterocycles. The first kappa shape index (κ1) is 9.43. The summed E-state index contributed by atoms with van der Waals surface area (Å²) in [6.07, 6.45) is 0. The van der Waals surface area contributed by atoms with Gasteiger partial charge in [-0.25, -0.2) is 0 Å². The number of hydrogen-bond acceptors (Lipinski definition) is 5. The highest BCUT2D eigenvalue weighted by Gasteiger charge is 1.79. The minimum atomic E-state index is -2.60. The molecule has 6 heteroatoms. The van der Waals surface area contributed by atoms with Crippen LogP contribution in [0.25, 0.3) is 0 Å². The van der Waals surface area contributed by atoms with Crippen molar-refractivity contribution in [2.24, 2.45) is 11.7 Å². The maximum absolute atomic E-state index is 8.52. The Hall–Kier alpha value is 0.0900. The van der Waals surface area contributed by atoms with Crippen LogP contribution < -0.4 is 21.0 Å². The van der Waals surface area contributed by atoms with Crippen LogP contribution in [0, 0.1) is 10.8 Å². The zero-order chi connectivity index (χ0) is 5.58. The van der Waals surface area contributed by atoms with Crippen molar-refractivity contribution < 1.29 is 24.8 Å². The van der Waals surface area contributed by atoms with E-state index in [1.54, 1.807) is 0 Å². The lowest BCUT2D eigenvalue weighted by Crippen LogP contribution is -2.30. The van der Waals surface area contributed by atoms with Gasteiger partial charge < -0.3 is 9.32 Å². The molecule has 0 spiro atoms. The molecular formula is H5ClN2O3. The Morgan fingerprint density at radius 2 is 1.33 bits per heavy atom. The van der Waals surface area contributed by atoms with Gasteiger partial charge in [0.2, 0.25) is 0 Å². The van der Waals surface area contributed by atoms with Gasteiger partial charge in [0.25, 0.3) is 10.8 Å². The number of hydrazine groups is 1. The second-order valence-electron chi connectivity index (χ2n) is 0.201. The minimum absolute atomic E-state index is 2.60. The highest BCUT2D eigenvalue weighted by molar-refractivity contribution is 3.26. The maximum atomic E-state index is 8.52. The van der Waals surface area contributed by atoms with Crippen LogP contribution in [0.15, 0.2) is 0 Å². The van der Waals surface area contributed by atoms with E-state index < -0.39 is 10.8 Å². The number of rotatable bonds is 0. The van der Waals surface area contributed by atoms with Gasteiger partial charge in [-0.3, -0.25) is 11.7 Å². The van der Waals surface area contributed by atoms with Gasteiger partial charge in [0.15, 0.2) is 0 Å². The first-order valence-electron chi connectivity index (χ1n) is 0.811. The Balaban J connectivity index is 0. The van der Waals surface area contributed by atoms with E-state index in [9.17, 15) is 0 Å². The Labute approximate surface area is 37.5 Å². The molecule has 0 aliphatic carbocycles. The van der Waals surface area contributed by atoms with E-state index in [0.717, 1.165) is 0 Å². The molecular weight excluding hydrogens is 111 g/mol. The highest BCUT2D eigenvalue weighted by Crippen LogP contribution is 1.38. The van der Waals surface area contributed by atoms with Crippen LogP contribution in [0.2, 0.25) is 0 Å². The van der Waals surface area contributed by atoms with Gasteiger partial charge in [0.1, 0.15) is 0 Å². The predicted molar refractivity (Wildman–Crippen MR) is 10.6 cm³/mol. The van der Waals surface area contributed by atoms with Crippen LogP contribution >= 0.6 is 0 Å². The number of hydrogen-bond donors (Lipinski definition) is 3. The molecule has 0 bridgehead atoms. The topological polar surface area (TPSA) is 118 Å². The molecule has 5 N–H and O–H groups in total. The van der Waals surface area contributed by atoms with E-state index in [0.29, 0.717) is 0 Å². The van der Waals surface area contributed by atoms with Gasteiger partial charge in [-0.05, 0) is 0 Å². The molecule has 0 aromatic carbocycles. The van der Waals surface area contributed by atoms with Crippen molar-refractivity contribution in [2.45, 2.75) is 0 Å². The SMILES string of the molecule is NN.[O-][Cl+2]([O-])O. The normalized spacial score (nSPS) is 7.00. The maximum Gasteiger partial charge on any atom is 0.282 e. The molecule has 0 atom stereocenters. The van der Waals surface area contributed by atoms with Gasteiger partial charge in [0.05, 0.1) is 0 Å². The van der Waals surface area contributed by atoms with Crippen molar-refractivity contribution in [3.63, 3.8) is 0 Å². The molecule has 0 fully saturated rings. The molecule has 0 radical (unpaired) electrons. The third kappa shape index (κ3) is 4820. The lowest BCUT2D eigenvalue weighted by Gasteiger charge is -1.72. The summed E-state index contributed by atoms with van der Waals surface area (Å²) in [5, 5.41) is 0. The summed E-state index contributed by atoms with van der Waals surface area (Å²) in [6, 6.07) is 0. The lowest BCUT2D eigenvalue weighted by atomic mass is 13.0. The molecule has 0 saturated carbocycles. The fourth-order valence-corrected chi connectivity index (χ4v) is 0. The molecule has 0 aliphatic rings. The highest BCUT2D eigenvalue weighted by atomic mass is 35.6. The zero-order valence-electron chi connectivity index (χ0n) is 2.80. The molecule has 40 valence electrons. The Bertz CT molecular complexity index is 13.5. The fourth-order valence-electron chi connectivity index (χ4n) is 0. The second kappa shape index (κ2) is 8.92. The third-order valence-electron chi connectivity index (χ3n) is 0. The van der Waals surface area contributed by atoms with E-state index in [-0.39, 0.29) is 0 Å². The van der Waals surface area contributed by atoms with E-state index >= 15 is 0 Å². The number of nitrogens with two attached hydrogens (primary N) is 2. The Morgan fingerprint density at radius 1 is 1.33 bits per heavy atom. The molecule has 0 amide bonds. The van der Waals surface area contributed by atoms with Crippen molar-refractivity contribution in [1.29, 1.82) is 0 Å². The summed E-state index contributed by atoms with van der Waals surface area (Å²) in [4.78, 5) is 0. The Kier molecular flexibility index (Phi) is 14.0. The van der Waals surface area contributed by atoms with Crippen LogP contribution in [0.1, 0.15) is 0 Å². The quantitative estimate of drug-likeness (QED) is 0.220. The van der Waals surface area contributed by atoms with Crippen LogP contribution in [-0.4, -0.2) is 4.66 Å². The molecule has 0 rings (SSSR count). The first-order valence-corrected chi connectivity index (χ1v) is 1.77. The van der Waals surface area contributed by atoms with Crippen molar-refractivity contribution >= 4 is 0 Å². The summed E-state index contributed by atoms with van der Waals surface area (Å²) in [5.41, 5.74) is 0. The fraction of sp³-hybridized carbons (Fsp3) is 0. The van der Waals surface area contributed by atoms with Gasteiger partial charge in [0, 0.05) is 4.66 Å². The average molecular weight is 117 g/mol. The van der Waals surface area contributed by atoms with E-state index in [1.807, 2.05) is 0 Å². The molecule has 0 aliphatic heterocycles. The summed E-state index contributed by atoms with van der Waals surface area (Å²) in [5.74, 6) is 8.00. The average Bonchev–Trinajstić information content (AvgIpc) is 1.41. The van der Waals surface area contributed by atoms with Crippen molar-refractivity contribution in [2.75, 3.05) is 0 Å². The lowest BCUT2D eigenvalue weighted by molar-refractivity contribution is -1.63. The van der Waals surface area contributed by atoms with Crippen molar-refractivity contribution in [3.8, 4) is 0 Å². The molecule has 0 saturated heterocycles. The smallest absolute Gasteiger partial charge is 0.282 e. The van der Waals surface area contributed by atoms with Crippen molar-refractivity contribution in [1.82, 2.24) is 0 Å². The predicted octanol–water partition coefficient (Wildman–Crippen LogP) is -4.12.